The molecule has 0 bridgehead atoms. The fraction of sp³-hybridized carbons (Fsp3) is 0.0714. The van der Waals surface area contributed by atoms with Gasteiger partial charge in [0.2, 0.25) is 5.95 Å². The highest BCUT2D eigenvalue weighted by atomic mass is 19.1. The monoisotopic (exact) mass is 242 g/mol. The van der Waals surface area contributed by atoms with Crippen LogP contribution in [0.1, 0.15) is 5.56 Å². The molecule has 0 radical (unpaired) electrons. The number of nitrogens with one attached hydrogen (secondary N) is 1. The predicted octanol–water partition coefficient (Wildman–Crippen LogP) is 3.58. The number of fused-ring (bicyclic) bond motifs is 1. The average molecular weight is 242 g/mol. The molecule has 4 heteroatoms. The van der Waals surface area contributed by atoms with Gasteiger partial charge in [-0.1, -0.05) is 18.2 Å². The van der Waals surface area contributed by atoms with Crippen molar-refractivity contribution in [1.29, 1.82) is 0 Å². The van der Waals surface area contributed by atoms with Gasteiger partial charge in [0.15, 0.2) is 0 Å². The van der Waals surface area contributed by atoms with Gasteiger partial charge in [-0.05, 0) is 18.2 Å². The second-order valence-electron chi connectivity index (χ2n) is 3.98. The van der Waals surface area contributed by atoms with E-state index in [0.717, 1.165) is 22.2 Å². The molecule has 2 heterocycles. The topological polar surface area (TPSA) is 38.1 Å². The zero-order chi connectivity index (χ0) is 12.4. The molecule has 2 aromatic heterocycles. The molecule has 0 aliphatic heterocycles. The van der Waals surface area contributed by atoms with Crippen LogP contribution >= 0.6 is 0 Å². The third kappa shape index (κ3) is 2.05. The van der Waals surface area contributed by atoms with E-state index in [2.05, 4.69) is 10.3 Å². The summed E-state index contributed by atoms with van der Waals surface area (Å²) >= 11 is 0. The van der Waals surface area contributed by atoms with E-state index >= 15 is 0 Å². The molecule has 0 fully saturated rings. The Balaban J connectivity index is 1.79. The highest BCUT2D eigenvalue weighted by Crippen LogP contribution is 2.21. The van der Waals surface area contributed by atoms with Crippen LogP contribution in [0.2, 0.25) is 0 Å². The van der Waals surface area contributed by atoms with Crippen LogP contribution in [0, 0.1) is 5.95 Å². The first kappa shape index (κ1) is 10.8. The summed E-state index contributed by atoms with van der Waals surface area (Å²) in [7, 11) is 0. The number of benzene rings is 1. The van der Waals surface area contributed by atoms with Crippen molar-refractivity contribution in [3.8, 4) is 0 Å². The van der Waals surface area contributed by atoms with Crippen LogP contribution in [-0.4, -0.2) is 4.98 Å². The summed E-state index contributed by atoms with van der Waals surface area (Å²) in [6.45, 7) is 0.615. The van der Waals surface area contributed by atoms with Crippen LogP contribution < -0.4 is 5.32 Å². The molecule has 0 unspecified atom stereocenters. The van der Waals surface area contributed by atoms with Gasteiger partial charge in [-0.25, -0.2) is 4.98 Å². The fourth-order valence-electron chi connectivity index (χ4n) is 1.85. The number of aromatic nitrogens is 1. The van der Waals surface area contributed by atoms with Crippen molar-refractivity contribution in [2.24, 2.45) is 0 Å². The number of para-hydroxylation sites is 1. The minimum Gasteiger partial charge on any atom is -0.464 e. The average Bonchev–Trinajstić information content (AvgIpc) is 2.82. The Morgan fingerprint density at radius 2 is 2.06 bits per heavy atom. The summed E-state index contributed by atoms with van der Waals surface area (Å²) in [6.07, 6.45) is 3.20. The molecule has 0 aliphatic carbocycles. The summed E-state index contributed by atoms with van der Waals surface area (Å²) in [5.74, 6) is -0.477. The molecule has 0 saturated carbocycles. The number of anilines is 1. The quantitative estimate of drug-likeness (QED) is 0.713. The van der Waals surface area contributed by atoms with Crippen LogP contribution in [0.15, 0.2) is 53.3 Å². The third-order valence-corrected chi connectivity index (χ3v) is 2.77. The van der Waals surface area contributed by atoms with Gasteiger partial charge < -0.3 is 9.73 Å². The van der Waals surface area contributed by atoms with Crippen LogP contribution in [0.4, 0.5) is 10.1 Å². The molecule has 3 rings (SSSR count). The Morgan fingerprint density at radius 1 is 1.17 bits per heavy atom. The Kier molecular flexibility index (Phi) is 2.68. The van der Waals surface area contributed by atoms with Crippen molar-refractivity contribution in [3.05, 3.63) is 60.4 Å². The third-order valence-electron chi connectivity index (χ3n) is 2.77. The zero-order valence-corrected chi connectivity index (χ0v) is 9.56. The fourth-order valence-corrected chi connectivity index (χ4v) is 1.85. The summed E-state index contributed by atoms with van der Waals surface area (Å²) in [4.78, 5) is 3.59. The smallest absolute Gasteiger partial charge is 0.212 e. The molecule has 90 valence electrons. The van der Waals surface area contributed by atoms with E-state index in [1.165, 1.54) is 12.3 Å². The lowest BCUT2D eigenvalue weighted by Crippen LogP contribution is -1.99. The van der Waals surface area contributed by atoms with Gasteiger partial charge in [0.05, 0.1) is 18.1 Å². The van der Waals surface area contributed by atoms with Crippen molar-refractivity contribution in [2.45, 2.75) is 6.54 Å². The van der Waals surface area contributed by atoms with Gasteiger partial charge in [-0.3, -0.25) is 0 Å². The highest BCUT2D eigenvalue weighted by Gasteiger charge is 2.04. The van der Waals surface area contributed by atoms with Gasteiger partial charge in [0, 0.05) is 17.5 Å². The van der Waals surface area contributed by atoms with Crippen LogP contribution in [0.25, 0.3) is 11.0 Å². The molecule has 0 saturated heterocycles. The summed E-state index contributed by atoms with van der Waals surface area (Å²) in [6, 6.07) is 10.8. The Bertz CT molecular complexity index is 661. The maximum Gasteiger partial charge on any atom is 0.212 e. The largest absolute Gasteiger partial charge is 0.464 e. The van der Waals surface area contributed by atoms with Gasteiger partial charge >= 0.3 is 0 Å². The first-order valence-electron chi connectivity index (χ1n) is 5.63. The van der Waals surface area contributed by atoms with Crippen molar-refractivity contribution in [1.82, 2.24) is 4.98 Å². The lowest BCUT2D eigenvalue weighted by molar-refractivity contribution is 0.584. The number of pyridine rings is 1. The maximum atomic E-state index is 12.7. The van der Waals surface area contributed by atoms with Gasteiger partial charge in [0.1, 0.15) is 5.58 Å². The van der Waals surface area contributed by atoms with Crippen molar-refractivity contribution < 1.29 is 8.81 Å². The summed E-state index contributed by atoms with van der Waals surface area (Å²) < 4.78 is 18.1. The summed E-state index contributed by atoms with van der Waals surface area (Å²) in [5.41, 5.74) is 2.71. The van der Waals surface area contributed by atoms with E-state index in [1.54, 1.807) is 12.3 Å². The first-order chi connectivity index (χ1) is 8.83. The minimum atomic E-state index is -0.477. The molecule has 0 atom stereocenters. The highest BCUT2D eigenvalue weighted by molar-refractivity contribution is 5.81. The first-order valence-corrected chi connectivity index (χ1v) is 5.63. The van der Waals surface area contributed by atoms with Crippen molar-refractivity contribution >= 4 is 16.7 Å². The molecule has 1 aromatic carbocycles. The van der Waals surface area contributed by atoms with E-state index in [0.29, 0.717) is 6.54 Å². The SMILES string of the molecule is Fc1ccc(NCc2coc3ccccc23)cn1. The van der Waals surface area contributed by atoms with Gasteiger partial charge in [0.25, 0.3) is 0 Å². The number of rotatable bonds is 3. The molecule has 3 aromatic rings. The second-order valence-corrected chi connectivity index (χ2v) is 3.98. The minimum absolute atomic E-state index is 0.477. The lowest BCUT2D eigenvalue weighted by atomic mass is 10.2. The lowest BCUT2D eigenvalue weighted by Gasteiger charge is -2.04. The normalized spacial score (nSPS) is 10.7. The molecule has 18 heavy (non-hydrogen) atoms. The van der Waals surface area contributed by atoms with E-state index in [-0.39, 0.29) is 0 Å². The van der Waals surface area contributed by atoms with E-state index in [9.17, 15) is 4.39 Å². The van der Waals surface area contributed by atoms with Gasteiger partial charge in [-0.2, -0.15) is 4.39 Å². The Hall–Kier alpha value is -2.36. The number of furan rings is 1. The van der Waals surface area contributed by atoms with E-state index in [4.69, 9.17) is 4.42 Å². The molecule has 0 amide bonds. The van der Waals surface area contributed by atoms with Crippen LogP contribution in [0.5, 0.6) is 0 Å². The molecule has 3 nitrogen and oxygen atoms in total. The van der Waals surface area contributed by atoms with Crippen LogP contribution in [-0.2, 0) is 6.54 Å². The molecule has 1 N–H and O–H groups in total. The molecular formula is C14H11FN2O. The number of hydrogen-bond acceptors (Lipinski definition) is 3. The number of nitrogens with zero attached hydrogens (tertiary/aromatic N) is 1. The van der Waals surface area contributed by atoms with E-state index < -0.39 is 5.95 Å². The van der Waals surface area contributed by atoms with Crippen LogP contribution in [0.3, 0.4) is 0 Å². The van der Waals surface area contributed by atoms with Crippen molar-refractivity contribution in [2.75, 3.05) is 5.32 Å². The summed E-state index contributed by atoms with van der Waals surface area (Å²) in [5, 5.41) is 4.26. The Morgan fingerprint density at radius 3 is 2.89 bits per heavy atom. The number of hydrogen-bond donors (Lipinski definition) is 1. The number of halogens is 1. The van der Waals surface area contributed by atoms with Crippen molar-refractivity contribution in [3.63, 3.8) is 0 Å². The molecule has 0 spiro atoms. The second kappa shape index (κ2) is 4.49. The maximum absolute atomic E-state index is 12.7. The van der Waals surface area contributed by atoms with E-state index in [1.807, 2.05) is 24.3 Å². The zero-order valence-electron chi connectivity index (χ0n) is 9.56. The molecular weight excluding hydrogens is 231 g/mol. The molecule has 0 aliphatic rings. The van der Waals surface area contributed by atoms with Gasteiger partial charge in [-0.15, -0.1) is 0 Å². The standard InChI is InChI=1S/C14H11FN2O/c15-14-6-5-11(8-17-14)16-7-10-9-18-13-4-2-1-3-12(10)13/h1-6,8-9,16H,7H2. The predicted molar refractivity (Wildman–Crippen MR) is 67.7 cm³/mol. The Labute approximate surface area is 103 Å².